The molecule has 1 aliphatic rings. The Bertz CT molecular complexity index is 1510. The van der Waals surface area contributed by atoms with Crippen molar-refractivity contribution in [2.75, 3.05) is 31.1 Å². The number of rotatable bonds is 6. The van der Waals surface area contributed by atoms with Gasteiger partial charge in [-0.25, -0.2) is 4.68 Å². The standard InChI is InChI=1S/C27H32N8O3/c1-5-18-6-11-23-19(16-18)17-22(26(36)28-23)24(25-29-30-31-34(25)27(2,3)4)33-14-12-32(13-15-33)20-7-9-21(10-8-20)35(37)38/h6-11,16-17,24H,5,12-15H2,1-4H3,(H,28,36)/t24-/m0/s1. The fraction of sp³-hybridized carbons (Fsp3) is 0.407. The number of nitrogens with zero attached hydrogens (tertiary/aromatic N) is 7. The third-order valence-corrected chi connectivity index (χ3v) is 7.12. The maximum atomic E-state index is 13.5. The van der Waals surface area contributed by atoms with Crippen molar-refractivity contribution in [3.63, 3.8) is 0 Å². The monoisotopic (exact) mass is 516 g/mol. The van der Waals surface area contributed by atoms with E-state index in [2.05, 4.69) is 43.3 Å². The molecule has 0 aliphatic carbocycles. The average molecular weight is 517 g/mol. The van der Waals surface area contributed by atoms with E-state index in [1.165, 1.54) is 17.7 Å². The normalized spacial score (nSPS) is 15.6. The van der Waals surface area contributed by atoms with Crippen LogP contribution in [0, 0.1) is 10.1 Å². The summed E-state index contributed by atoms with van der Waals surface area (Å²) in [7, 11) is 0. The molecule has 0 amide bonds. The van der Waals surface area contributed by atoms with Crippen LogP contribution in [0.15, 0.2) is 53.3 Å². The number of nitrogens with one attached hydrogen (secondary N) is 1. The van der Waals surface area contributed by atoms with Crippen LogP contribution in [0.4, 0.5) is 11.4 Å². The minimum atomic E-state index is -0.443. The highest BCUT2D eigenvalue weighted by Gasteiger charge is 2.35. The first-order valence-corrected chi connectivity index (χ1v) is 12.8. The van der Waals surface area contributed by atoms with Gasteiger partial charge in [0.05, 0.1) is 10.5 Å². The lowest BCUT2D eigenvalue weighted by Gasteiger charge is -2.40. The van der Waals surface area contributed by atoms with Gasteiger partial charge < -0.3 is 9.88 Å². The number of aryl methyl sites for hydroxylation is 1. The van der Waals surface area contributed by atoms with E-state index in [0.29, 0.717) is 37.6 Å². The summed E-state index contributed by atoms with van der Waals surface area (Å²) in [4.78, 5) is 31.6. The number of aromatic nitrogens is 5. The summed E-state index contributed by atoms with van der Waals surface area (Å²) in [5.41, 5.74) is 3.07. The molecule has 0 radical (unpaired) electrons. The minimum Gasteiger partial charge on any atom is -0.369 e. The molecule has 38 heavy (non-hydrogen) atoms. The smallest absolute Gasteiger partial charge is 0.269 e. The van der Waals surface area contributed by atoms with Crippen molar-refractivity contribution in [2.45, 2.75) is 45.7 Å². The maximum absolute atomic E-state index is 13.5. The lowest BCUT2D eigenvalue weighted by atomic mass is 10.00. The number of piperazine rings is 1. The van der Waals surface area contributed by atoms with Crippen molar-refractivity contribution in [1.29, 1.82) is 0 Å². The molecule has 2 aromatic carbocycles. The van der Waals surface area contributed by atoms with Gasteiger partial charge in [-0.2, -0.15) is 0 Å². The second-order valence-corrected chi connectivity index (χ2v) is 10.6. The predicted octanol–water partition coefficient (Wildman–Crippen LogP) is 3.65. The number of benzene rings is 2. The number of nitro benzene ring substituents is 1. The third-order valence-electron chi connectivity index (χ3n) is 7.12. The molecule has 1 atom stereocenters. The first-order chi connectivity index (χ1) is 18.2. The predicted molar refractivity (Wildman–Crippen MR) is 145 cm³/mol. The Balaban J connectivity index is 1.52. The lowest BCUT2D eigenvalue weighted by Crippen LogP contribution is -2.49. The van der Waals surface area contributed by atoms with E-state index < -0.39 is 11.0 Å². The summed E-state index contributed by atoms with van der Waals surface area (Å²) < 4.78 is 1.80. The van der Waals surface area contributed by atoms with Crippen molar-refractivity contribution >= 4 is 22.3 Å². The Labute approximate surface area is 220 Å². The maximum Gasteiger partial charge on any atom is 0.269 e. The molecule has 2 aromatic heterocycles. The zero-order valence-electron chi connectivity index (χ0n) is 22.1. The summed E-state index contributed by atoms with van der Waals surface area (Å²) in [6.07, 6.45) is 0.903. The number of pyridine rings is 1. The van der Waals surface area contributed by atoms with E-state index in [4.69, 9.17) is 0 Å². The average Bonchev–Trinajstić information content (AvgIpc) is 3.40. The van der Waals surface area contributed by atoms with Crippen molar-refractivity contribution in [1.82, 2.24) is 30.1 Å². The van der Waals surface area contributed by atoms with Crippen LogP contribution in [-0.4, -0.2) is 61.2 Å². The molecular weight excluding hydrogens is 484 g/mol. The van der Waals surface area contributed by atoms with Crippen LogP contribution in [0.25, 0.3) is 10.9 Å². The number of H-pyrrole nitrogens is 1. The van der Waals surface area contributed by atoms with Gasteiger partial charge in [0.15, 0.2) is 5.82 Å². The number of fused-ring (bicyclic) bond motifs is 1. The molecule has 198 valence electrons. The summed E-state index contributed by atoms with van der Waals surface area (Å²) in [5, 5.41) is 24.7. The zero-order valence-corrected chi connectivity index (χ0v) is 22.1. The van der Waals surface area contributed by atoms with Gasteiger partial charge in [-0.15, -0.1) is 5.10 Å². The Morgan fingerprint density at radius 1 is 1.05 bits per heavy atom. The van der Waals surface area contributed by atoms with Crippen molar-refractivity contribution < 1.29 is 4.92 Å². The molecule has 1 saturated heterocycles. The van der Waals surface area contributed by atoms with Crippen LogP contribution in [0.1, 0.15) is 50.7 Å². The molecule has 1 N–H and O–H groups in total. The molecule has 1 aliphatic heterocycles. The molecule has 4 aromatic rings. The topological polar surface area (TPSA) is 126 Å². The van der Waals surface area contributed by atoms with E-state index in [0.717, 1.165) is 23.0 Å². The first kappa shape index (κ1) is 25.5. The second kappa shape index (κ2) is 9.97. The zero-order chi connectivity index (χ0) is 27.0. The summed E-state index contributed by atoms with van der Waals surface area (Å²) in [6.45, 7) is 10.9. The summed E-state index contributed by atoms with van der Waals surface area (Å²) in [5.74, 6) is 0.623. The van der Waals surface area contributed by atoms with Gasteiger partial charge in [0.25, 0.3) is 11.2 Å². The Morgan fingerprint density at radius 3 is 2.39 bits per heavy atom. The number of hydrogen-bond acceptors (Lipinski definition) is 8. The van der Waals surface area contributed by atoms with Gasteiger partial charge in [0.1, 0.15) is 6.04 Å². The largest absolute Gasteiger partial charge is 0.369 e. The highest BCUT2D eigenvalue weighted by atomic mass is 16.6. The van der Waals surface area contributed by atoms with Gasteiger partial charge in [-0.05, 0) is 78.9 Å². The number of hydrogen-bond donors (Lipinski definition) is 1. The van der Waals surface area contributed by atoms with E-state index in [-0.39, 0.29) is 16.8 Å². The number of aromatic amines is 1. The van der Waals surface area contributed by atoms with Crippen LogP contribution in [0.5, 0.6) is 0 Å². The summed E-state index contributed by atoms with van der Waals surface area (Å²) in [6, 6.07) is 14.3. The van der Waals surface area contributed by atoms with Gasteiger partial charge >= 0.3 is 0 Å². The van der Waals surface area contributed by atoms with Crippen LogP contribution in [0.2, 0.25) is 0 Å². The molecule has 1 fully saturated rings. The first-order valence-electron chi connectivity index (χ1n) is 12.8. The fourth-order valence-electron chi connectivity index (χ4n) is 5.06. The SMILES string of the molecule is CCc1ccc2[nH]c(=O)c([C@@H](c3nnnn3C(C)(C)C)N3CCN(c4ccc([N+](=O)[O-])cc4)CC3)cc2c1. The quantitative estimate of drug-likeness (QED) is 0.304. The van der Waals surface area contributed by atoms with Crippen LogP contribution >= 0.6 is 0 Å². The van der Waals surface area contributed by atoms with Crippen molar-refractivity contribution in [3.8, 4) is 0 Å². The van der Waals surface area contributed by atoms with E-state index in [1.54, 1.807) is 16.8 Å². The summed E-state index contributed by atoms with van der Waals surface area (Å²) >= 11 is 0. The lowest BCUT2D eigenvalue weighted by molar-refractivity contribution is -0.384. The number of anilines is 1. The van der Waals surface area contributed by atoms with Gasteiger partial charge in [-0.1, -0.05) is 13.0 Å². The molecule has 0 unspecified atom stereocenters. The molecular formula is C27H32N8O3. The van der Waals surface area contributed by atoms with Crippen LogP contribution in [-0.2, 0) is 12.0 Å². The highest BCUT2D eigenvalue weighted by Crippen LogP contribution is 2.31. The van der Waals surface area contributed by atoms with Crippen molar-refractivity contribution in [3.05, 3.63) is 86.0 Å². The van der Waals surface area contributed by atoms with Gasteiger partial charge in [0, 0.05) is 55.1 Å². The Morgan fingerprint density at radius 2 is 1.76 bits per heavy atom. The molecule has 11 heteroatoms. The minimum absolute atomic E-state index is 0.0724. The van der Waals surface area contributed by atoms with Gasteiger partial charge in [-0.3, -0.25) is 19.8 Å². The molecule has 11 nitrogen and oxygen atoms in total. The van der Waals surface area contributed by atoms with Crippen LogP contribution in [0.3, 0.4) is 0 Å². The fourth-order valence-corrected chi connectivity index (χ4v) is 5.06. The molecule has 0 spiro atoms. The number of non-ortho nitro benzene ring substituents is 1. The van der Waals surface area contributed by atoms with E-state index >= 15 is 0 Å². The molecule has 0 saturated carbocycles. The molecule has 0 bridgehead atoms. The van der Waals surface area contributed by atoms with Crippen molar-refractivity contribution in [2.24, 2.45) is 0 Å². The number of tetrazole rings is 1. The second-order valence-electron chi connectivity index (χ2n) is 10.6. The Kier molecular flexibility index (Phi) is 6.70. The third kappa shape index (κ3) is 4.89. The number of nitro groups is 1. The van der Waals surface area contributed by atoms with Gasteiger partial charge in [0.2, 0.25) is 0 Å². The van der Waals surface area contributed by atoms with Crippen LogP contribution < -0.4 is 10.5 Å². The molecule has 3 heterocycles. The van der Waals surface area contributed by atoms with E-state index in [9.17, 15) is 14.9 Å². The Hall–Kier alpha value is -4.12. The highest BCUT2D eigenvalue weighted by molar-refractivity contribution is 5.80. The van der Waals surface area contributed by atoms with E-state index in [1.807, 2.05) is 39.0 Å². The molecule has 5 rings (SSSR count).